The van der Waals surface area contributed by atoms with Gasteiger partial charge < -0.3 is 10.3 Å². The highest BCUT2D eigenvalue weighted by molar-refractivity contribution is 5.78. The number of nitrogens with two attached hydrogens (primary N) is 1. The molecule has 0 saturated heterocycles. The Hall–Kier alpha value is -1.58. The molecule has 1 saturated carbocycles. The molecule has 3 nitrogen and oxygen atoms in total. The zero-order valence-corrected chi connectivity index (χ0v) is 10.6. The normalized spacial score (nSPS) is 24.6. The number of imidazole rings is 1. The highest BCUT2D eigenvalue weighted by atomic mass is 19.1. The van der Waals surface area contributed by atoms with Gasteiger partial charge in [-0.2, -0.15) is 0 Å². The zero-order valence-electron chi connectivity index (χ0n) is 10.6. The maximum atomic E-state index is 13.4. The minimum atomic E-state index is -0.229. The van der Waals surface area contributed by atoms with Gasteiger partial charge in [0, 0.05) is 6.04 Å². The summed E-state index contributed by atoms with van der Waals surface area (Å²) in [6, 6.07) is 5.04. The van der Waals surface area contributed by atoms with Gasteiger partial charge in [-0.05, 0) is 49.8 Å². The Morgan fingerprint density at radius 2 is 2.00 bits per heavy atom. The van der Waals surface area contributed by atoms with Crippen LogP contribution in [-0.2, 0) is 0 Å². The Morgan fingerprint density at radius 3 is 2.72 bits per heavy atom. The number of hydrogen-bond acceptors (Lipinski definition) is 2. The maximum Gasteiger partial charge on any atom is 0.201 e. The second kappa shape index (κ2) is 4.26. The molecule has 2 N–H and O–H groups in total. The molecule has 4 heteroatoms. The standard InChI is InChI=1S/C14H18FN3/c1-9-2-5-11(6-3-9)18-13-8-10(15)4-7-12(13)17-14(18)16/h4,7-9,11H,2-3,5-6H2,1H3,(H2,16,17). The smallest absolute Gasteiger partial charge is 0.201 e. The summed E-state index contributed by atoms with van der Waals surface area (Å²) in [6.07, 6.45) is 4.62. The predicted molar refractivity (Wildman–Crippen MR) is 70.8 cm³/mol. The zero-order chi connectivity index (χ0) is 12.7. The first-order chi connectivity index (χ1) is 8.65. The minimum absolute atomic E-state index is 0.229. The lowest BCUT2D eigenvalue weighted by molar-refractivity contribution is 0.296. The second-order valence-corrected chi connectivity index (χ2v) is 5.39. The lowest BCUT2D eigenvalue weighted by atomic mass is 9.87. The van der Waals surface area contributed by atoms with Crippen LogP contribution in [0.4, 0.5) is 10.3 Å². The Bertz CT molecular complexity index is 568. The highest BCUT2D eigenvalue weighted by Crippen LogP contribution is 2.35. The molecule has 1 aromatic heterocycles. The summed E-state index contributed by atoms with van der Waals surface area (Å²) < 4.78 is 15.4. The Kier molecular flexibility index (Phi) is 2.73. The quantitative estimate of drug-likeness (QED) is 0.838. The van der Waals surface area contributed by atoms with Crippen molar-refractivity contribution in [1.82, 2.24) is 9.55 Å². The molecule has 1 heterocycles. The molecule has 96 valence electrons. The van der Waals surface area contributed by atoms with Crippen molar-refractivity contribution in [1.29, 1.82) is 0 Å². The van der Waals surface area contributed by atoms with Gasteiger partial charge in [-0.3, -0.25) is 0 Å². The molecule has 1 aliphatic rings. The van der Waals surface area contributed by atoms with Gasteiger partial charge in [0.05, 0.1) is 11.0 Å². The van der Waals surface area contributed by atoms with Crippen molar-refractivity contribution in [2.45, 2.75) is 38.6 Å². The van der Waals surface area contributed by atoms with E-state index in [1.54, 1.807) is 6.07 Å². The number of aromatic nitrogens is 2. The molecule has 2 aromatic rings. The summed E-state index contributed by atoms with van der Waals surface area (Å²) in [5.74, 6) is 1.07. The third-order valence-electron chi connectivity index (χ3n) is 4.03. The lowest BCUT2D eigenvalue weighted by Gasteiger charge is -2.28. The first kappa shape index (κ1) is 11.5. The molecule has 3 rings (SSSR count). The maximum absolute atomic E-state index is 13.4. The van der Waals surface area contributed by atoms with E-state index in [0.717, 1.165) is 29.8 Å². The van der Waals surface area contributed by atoms with E-state index >= 15 is 0 Å². The van der Waals surface area contributed by atoms with Gasteiger partial charge in [0.15, 0.2) is 0 Å². The summed E-state index contributed by atoms with van der Waals surface area (Å²) in [4.78, 5) is 4.32. The third kappa shape index (κ3) is 1.85. The van der Waals surface area contributed by atoms with Crippen molar-refractivity contribution in [2.24, 2.45) is 5.92 Å². The van der Waals surface area contributed by atoms with Crippen LogP contribution in [0, 0.1) is 11.7 Å². The minimum Gasteiger partial charge on any atom is -0.369 e. The molecule has 0 atom stereocenters. The summed E-state index contributed by atoms with van der Waals surface area (Å²) in [5, 5.41) is 0. The van der Waals surface area contributed by atoms with Crippen molar-refractivity contribution in [3.8, 4) is 0 Å². The molecule has 1 aliphatic carbocycles. The fourth-order valence-corrected chi connectivity index (χ4v) is 2.97. The van der Waals surface area contributed by atoms with Crippen molar-refractivity contribution in [3.05, 3.63) is 24.0 Å². The third-order valence-corrected chi connectivity index (χ3v) is 4.03. The molecule has 0 radical (unpaired) electrons. The van der Waals surface area contributed by atoms with Crippen LogP contribution < -0.4 is 5.73 Å². The van der Waals surface area contributed by atoms with E-state index in [4.69, 9.17) is 5.73 Å². The van der Waals surface area contributed by atoms with E-state index in [1.165, 1.54) is 25.0 Å². The highest BCUT2D eigenvalue weighted by Gasteiger charge is 2.23. The van der Waals surface area contributed by atoms with Gasteiger partial charge in [-0.1, -0.05) is 6.92 Å². The molecule has 18 heavy (non-hydrogen) atoms. The molecule has 0 spiro atoms. The summed E-state index contributed by atoms with van der Waals surface area (Å²) in [6.45, 7) is 2.28. The Labute approximate surface area is 106 Å². The monoisotopic (exact) mass is 247 g/mol. The number of halogens is 1. The largest absolute Gasteiger partial charge is 0.369 e. The molecular formula is C14H18FN3. The topological polar surface area (TPSA) is 43.8 Å². The van der Waals surface area contributed by atoms with E-state index in [0.29, 0.717) is 12.0 Å². The van der Waals surface area contributed by atoms with Gasteiger partial charge in [0.25, 0.3) is 0 Å². The van der Waals surface area contributed by atoms with Gasteiger partial charge in [0.2, 0.25) is 5.95 Å². The lowest BCUT2D eigenvalue weighted by Crippen LogP contribution is -2.18. The summed E-state index contributed by atoms with van der Waals surface area (Å²) >= 11 is 0. The van der Waals surface area contributed by atoms with Crippen LogP contribution in [0.2, 0.25) is 0 Å². The molecule has 1 aromatic carbocycles. The average Bonchev–Trinajstić information content (AvgIpc) is 2.66. The van der Waals surface area contributed by atoms with Gasteiger partial charge in [-0.25, -0.2) is 9.37 Å². The van der Waals surface area contributed by atoms with Crippen LogP contribution in [0.25, 0.3) is 11.0 Å². The predicted octanol–water partition coefficient (Wildman–Crippen LogP) is 3.51. The van der Waals surface area contributed by atoms with Crippen molar-refractivity contribution < 1.29 is 4.39 Å². The van der Waals surface area contributed by atoms with Crippen LogP contribution >= 0.6 is 0 Å². The first-order valence-electron chi connectivity index (χ1n) is 6.58. The summed E-state index contributed by atoms with van der Waals surface area (Å²) in [5.41, 5.74) is 7.61. The van der Waals surface area contributed by atoms with Crippen molar-refractivity contribution in [2.75, 3.05) is 5.73 Å². The fraction of sp³-hybridized carbons (Fsp3) is 0.500. The van der Waals surface area contributed by atoms with Crippen LogP contribution in [0.5, 0.6) is 0 Å². The first-order valence-corrected chi connectivity index (χ1v) is 6.58. The van der Waals surface area contributed by atoms with Crippen LogP contribution in [0.15, 0.2) is 18.2 Å². The van der Waals surface area contributed by atoms with E-state index in [9.17, 15) is 4.39 Å². The van der Waals surface area contributed by atoms with Gasteiger partial charge >= 0.3 is 0 Å². The van der Waals surface area contributed by atoms with Gasteiger partial charge in [0.1, 0.15) is 5.82 Å². The number of fused-ring (bicyclic) bond motifs is 1. The second-order valence-electron chi connectivity index (χ2n) is 5.39. The summed E-state index contributed by atoms with van der Waals surface area (Å²) in [7, 11) is 0. The molecule has 0 unspecified atom stereocenters. The Balaban J connectivity index is 2.05. The average molecular weight is 247 g/mol. The number of nitrogens with zero attached hydrogens (tertiary/aromatic N) is 2. The number of rotatable bonds is 1. The molecule has 0 aliphatic heterocycles. The van der Waals surface area contributed by atoms with Crippen LogP contribution in [0.1, 0.15) is 38.6 Å². The van der Waals surface area contributed by atoms with Gasteiger partial charge in [-0.15, -0.1) is 0 Å². The van der Waals surface area contributed by atoms with Crippen LogP contribution in [0.3, 0.4) is 0 Å². The number of benzene rings is 1. The van der Waals surface area contributed by atoms with E-state index < -0.39 is 0 Å². The van der Waals surface area contributed by atoms with E-state index in [2.05, 4.69) is 11.9 Å². The van der Waals surface area contributed by atoms with Crippen molar-refractivity contribution in [3.63, 3.8) is 0 Å². The number of nitrogen functional groups attached to an aromatic ring is 1. The number of anilines is 1. The van der Waals surface area contributed by atoms with Crippen LogP contribution in [-0.4, -0.2) is 9.55 Å². The Morgan fingerprint density at radius 1 is 1.28 bits per heavy atom. The molecular weight excluding hydrogens is 229 g/mol. The van der Waals surface area contributed by atoms with E-state index in [1.807, 2.05) is 4.57 Å². The SMILES string of the molecule is CC1CCC(n2c(N)nc3ccc(F)cc32)CC1. The number of hydrogen-bond donors (Lipinski definition) is 1. The molecule has 0 amide bonds. The fourth-order valence-electron chi connectivity index (χ4n) is 2.97. The van der Waals surface area contributed by atoms with Crippen molar-refractivity contribution >= 4 is 17.0 Å². The molecule has 1 fully saturated rings. The van der Waals surface area contributed by atoms with E-state index in [-0.39, 0.29) is 5.82 Å². The molecule has 0 bridgehead atoms.